The molecule has 0 spiro atoms. The fraction of sp³-hybridized carbons (Fsp3) is 0.591. The van der Waals surface area contributed by atoms with E-state index in [1.165, 1.54) is 5.56 Å². The van der Waals surface area contributed by atoms with Gasteiger partial charge in [-0.1, -0.05) is 62.8 Å². The normalized spacial score (nSPS) is 14.3. The van der Waals surface area contributed by atoms with Gasteiger partial charge >= 0.3 is 0 Å². The lowest BCUT2D eigenvalue weighted by atomic mass is 9.97. The zero-order valence-corrected chi connectivity index (χ0v) is 18.6. The average molecular weight is 377 g/mol. The molecule has 1 aromatic carbocycles. The van der Waals surface area contributed by atoms with Gasteiger partial charge in [0.2, 0.25) is 0 Å². The number of benzene rings is 1. The van der Waals surface area contributed by atoms with Gasteiger partial charge < -0.3 is 9.16 Å². The van der Waals surface area contributed by atoms with Crippen LogP contribution in [0, 0.1) is 5.92 Å². The molecule has 3 nitrogen and oxygen atoms in total. The smallest absolute Gasteiger partial charge is 0.192 e. The molecule has 0 unspecified atom stereocenters. The zero-order valence-electron chi connectivity index (χ0n) is 17.6. The van der Waals surface area contributed by atoms with Gasteiger partial charge in [-0.05, 0) is 44.0 Å². The zero-order chi connectivity index (χ0) is 19.8. The van der Waals surface area contributed by atoms with Crippen LogP contribution in [0.5, 0.6) is 0 Å². The summed E-state index contributed by atoms with van der Waals surface area (Å²) in [4.78, 5) is 12.1. The maximum atomic E-state index is 12.1. The van der Waals surface area contributed by atoms with Gasteiger partial charge in [0.25, 0.3) is 0 Å². The van der Waals surface area contributed by atoms with Crippen molar-refractivity contribution in [2.45, 2.75) is 65.8 Å². The van der Waals surface area contributed by atoms with Crippen molar-refractivity contribution < 1.29 is 14.0 Å². The highest BCUT2D eigenvalue weighted by molar-refractivity contribution is 6.74. The van der Waals surface area contributed by atoms with Crippen LogP contribution in [0.25, 0.3) is 0 Å². The molecule has 1 aromatic rings. The average Bonchev–Trinajstić information content (AvgIpc) is 2.54. The highest BCUT2D eigenvalue weighted by Gasteiger charge is 2.38. The predicted molar refractivity (Wildman–Crippen MR) is 112 cm³/mol. The Labute approximate surface area is 160 Å². The minimum atomic E-state index is -1.84. The van der Waals surface area contributed by atoms with Gasteiger partial charge in [-0.15, -0.1) is 0 Å². The minimum Gasteiger partial charge on any atom is -0.416 e. The molecule has 1 rings (SSSR count). The van der Waals surface area contributed by atoms with E-state index >= 15 is 0 Å². The molecule has 0 aliphatic rings. The Morgan fingerprint density at radius 3 is 2.31 bits per heavy atom. The van der Waals surface area contributed by atoms with Crippen LogP contribution >= 0.6 is 0 Å². The van der Waals surface area contributed by atoms with E-state index in [-0.39, 0.29) is 16.7 Å². The van der Waals surface area contributed by atoms with Crippen LogP contribution in [0.1, 0.15) is 46.6 Å². The van der Waals surface area contributed by atoms with E-state index in [0.717, 1.165) is 12.0 Å². The van der Waals surface area contributed by atoms with Crippen LogP contribution in [0.3, 0.4) is 0 Å². The first kappa shape index (κ1) is 22.8. The molecule has 0 amide bonds. The van der Waals surface area contributed by atoms with Crippen molar-refractivity contribution in [3.05, 3.63) is 47.5 Å². The lowest BCUT2D eigenvalue weighted by Crippen LogP contribution is -2.42. The number of Topliss-reactive ketones (excluding diaryl/α,β-unsaturated/α-hetero) is 1. The second kappa shape index (κ2) is 10.2. The van der Waals surface area contributed by atoms with Crippen molar-refractivity contribution in [2.75, 3.05) is 13.2 Å². The van der Waals surface area contributed by atoms with E-state index in [9.17, 15) is 4.79 Å². The Morgan fingerprint density at radius 1 is 1.15 bits per heavy atom. The largest absolute Gasteiger partial charge is 0.416 e. The summed E-state index contributed by atoms with van der Waals surface area (Å²) in [7, 11) is -1.84. The van der Waals surface area contributed by atoms with Gasteiger partial charge in [0.15, 0.2) is 8.32 Å². The second-order valence-electron chi connectivity index (χ2n) is 8.51. The van der Waals surface area contributed by atoms with Crippen molar-refractivity contribution in [1.82, 2.24) is 0 Å². The Kier molecular flexibility index (Phi) is 8.94. The lowest BCUT2D eigenvalue weighted by Gasteiger charge is -2.37. The summed E-state index contributed by atoms with van der Waals surface area (Å²) < 4.78 is 12.0. The third-order valence-corrected chi connectivity index (χ3v) is 9.80. The van der Waals surface area contributed by atoms with Gasteiger partial charge in [0, 0.05) is 6.61 Å². The fourth-order valence-electron chi connectivity index (χ4n) is 2.35. The summed E-state index contributed by atoms with van der Waals surface area (Å²) >= 11 is 0. The highest BCUT2D eigenvalue weighted by atomic mass is 28.4. The van der Waals surface area contributed by atoms with Crippen LogP contribution < -0.4 is 0 Å². The number of ether oxygens (including phenoxy) is 1. The molecule has 1 atom stereocenters. The minimum absolute atomic E-state index is 0.150. The number of rotatable bonds is 10. The monoisotopic (exact) mass is 376 g/mol. The Hall–Kier alpha value is -1.23. The highest BCUT2D eigenvalue weighted by Crippen LogP contribution is 2.37. The number of carbonyl (C=O) groups is 1. The predicted octanol–water partition coefficient (Wildman–Crippen LogP) is 5.77. The molecule has 0 fully saturated rings. The van der Waals surface area contributed by atoms with Crippen molar-refractivity contribution in [3.8, 4) is 0 Å². The molecular formula is C22H36O3Si. The van der Waals surface area contributed by atoms with Crippen LogP contribution in [0.15, 0.2) is 42.0 Å². The van der Waals surface area contributed by atoms with Crippen LogP contribution in [-0.2, 0) is 20.6 Å². The molecule has 0 heterocycles. The van der Waals surface area contributed by atoms with Crippen molar-refractivity contribution in [1.29, 1.82) is 0 Å². The first-order valence-corrected chi connectivity index (χ1v) is 12.4. The van der Waals surface area contributed by atoms with E-state index in [1.54, 1.807) is 6.92 Å². The molecule has 0 aliphatic heterocycles. The van der Waals surface area contributed by atoms with Gasteiger partial charge in [-0.2, -0.15) is 0 Å². The standard InChI is InChI=1S/C22H36O3Si/c1-18(12-11-15-24-16-20-13-9-8-10-14-20)21(19(2)23)17-25-26(6,7)22(3,4)5/h8-10,12-14,21H,11,15-17H2,1-7H3/b18-12+/t21-/m1/s1. The lowest BCUT2D eigenvalue weighted by molar-refractivity contribution is -0.120. The molecule has 26 heavy (non-hydrogen) atoms. The molecule has 0 aliphatic carbocycles. The molecular weight excluding hydrogens is 340 g/mol. The SMILES string of the molecule is CC(=O)[C@H](CO[Si](C)(C)C(C)(C)C)/C(C)=C/CCOCc1ccccc1. The summed E-state index contributed by atoms with van der Waals surface area (Å²) in [5.41, 5.74) is 2.26. The van der Waals surface area contributed by atoms with E-state index in [0.29, 0.717) is 19.8 Å². The second-order valence-corrected chi connectivity index (χ2v) is 13.3. The summed E-state index contributed by atoms with van der Waals surface area (Å²) in [6.07, 6.45) is 2.93. The molecule has 0 aromatic heterocycles. The van der Waals surface area contributed by atoms with E-state index in [4.69, 9.17) is 9.16 Å². The van der Waals surface area contributed by atoms with Gasteiger partial charge in [-0.25, -0.2) is 0 Å². The quantitative estimate of drug-likeness (QED) is 0.295. The summed E-state index contributed by atoms with van der Waals surface area (Å²) in [5, 5.41) is 0.150. The van der Waals surface area contributed by atoms with Crippen LogP contribution in [0.2, 0.25) is 18.1 Å². The number of ketones is 1. The molecule has 146 valence electrons. The number of hydrogen-bond donors (Lipinski definition) is 0. The molecule has 0 bridgehead atoms. The first-order chi connectivity index (χ1) is 12.0. The van der Waals surface area contributed by atoms with E-state index in [1.807, 2.05) is 25.1 Å². The molecule has 0 saturated carbocycles. The Bertz CT molecular complexity index is 585. The number of carbonyl (C=O) groups excluding carboxylic acids is 1. The van der Waals surface area contributed by atoms with Crippen molar-refractivity contribution in [3.63, 3.8) is 0 Å². The summed E-state index contributed by atoms with van der Waals surface area (Å²) in [6.45, 7) is 16.5. The van der Waals surface area contributed by atoms with Gasteiger partial charge in [0.05, 0.1) is 19.1 Å². The maximum absolute atomic E-state index is 12.1. The van der Waals surface area contributed by atoms with Gasteiger partial charge in [0.1, 0.15) is 5.78 Å². The van der Waals surface area contributed by atoms with Gasteiger partial charge in [-0.3, -0.25) is 4.79 Å². The molecule has 0 saturated heterocycles. The number of hydrogen-bond acceptors (Lipinski definition) is 3. The maximum Gasteiger partial charge on any atom is 0.192 e. The summed E-state index contributed by atoms with van der Waals surface area (Å²) in [5.74, 6) is 0.0147. The van der Waals surface area contributed by atoms with E-state index < -0.39 is 8.32 Å². The molecule has 4 heteroatoms. The third kappa shape index (κ3) is 7.56. The Morgan fingerprint density at radius 2 is 1.77 bits per heavy atom. The first-order valence-electron chi connectivity index (χ1n) is 9.47. The van der Waals surface area contributed by atoms with Crippen molar-refractivity contribution >= 4 is 14.1 Å². The summed E-state index contributed by atoms with van der Waals surface area (Å²) in [6, 6.07) is 10.2. The van der Waals surface area contributed by atoms with Crippen molar-refractivity contribution in [2.24, 2.45) is 5.92 Å². The Balaban J connectivity index is 2.50. The van der Waals surface area contributed by atoms with E-state index in [2.05, 4.69) is 52.1 Å². The topological polar surface area (TPSA) is 35.5 Å². The van der Waals surface area contributed by atoms with Crippen LogP contribution in [-0.4, -0.2) is 27.3 Å². The fourth-order valence-corrected chi connectivity index (χ4v) is 3.37. The molecule has 0 N–H and O–H groups in total. The van der Waals surface area contributed by atoms with Crippen LogP contribution in [0.4, 0.5) is 0 Å². The third-order valence-electron chi connectivity index (χ3n) is 5.30. The molecule has 0 radical (unpaired) electrons.